The fourth-order valence-corrected chi connectivity index (χ4v) is 6.79. The van der Waals surface area contributed by atoms with E-state index in [1.54, 1.807) is 6.92 Å². The average molecular weight is 270 g/mol. The summed E-state index contributed by atoms with van der Waals surface area (Å²) in [7, 11) is -1.01. The Hall–Kier alpha value is -0.573. The second-order valence-corrected chi connectivity index (χ2v) is 10.8. The summed E-state index contributed by atoms with van der Waals surface area (Å²) in [6.45, 7) is 12.9. The Kier molecular flexibility index (Phi) is 9.07. The molecular formula is C15H30O2Si. The maximum absolute atomic E-state index is 11.2. The van der Waals surface area contributed by atoms with Crippen molar-refractivity contribution < 1.29 is 9.53 Å². The number of esters is 1. The summed E-state index contributed by atoms with van der Waals surface area (Å²) in [5.74, 6) is -0.253. The van der Waals surface area contributed by atoms with Crippen molar-refractivity contribution in [3.8, 4) is 0 Å². The van der Waals surface area contributed by atoms with Crippen LogP contribution in [0.5, 0.6) is 0 Å². The highest BCUT2D eigenvalue weighted by Crippen LogP contribution is 2.26. The number of rotatable bonds is 10. The third kappa shape index (κ3) is 7.70. The van der Waals surface area contributed by atoms with Crippen molar-refractivity contribution in [2.24, 2.45) is 0 Å². The van der Waals surface area contributed by atoms with Gasteiger partial charge in [0.15, 0.2) is 0 Å². The Balaban J connectivity index is 3.80. The van der Waals surface area contributed by atoms with Crippen LogP contribution in [0.2, 0.25) is 24.7 Å². The van der Waals surface area contributed by atoms with Crippen LogP contribution in [0.1, 0.15) is 46.5 Å². The van der Waals surface area contributed by atoms with Gasteiger partial charge in [0, 0.05) is 5.57 Å². The highest BCUT2D eigenvalue weighted by Gasteiger charge is 2.23. The van der Waals surface area contributed by atoms with Crippen LogP contribution in [-0.2, 0) is 9.53 Å². The van der Waals surface area contributed by atoms with Gasteiger partial charge in [-0.3, -0.25) is 0 Å². The van der Waals surface area contributed by atoms with E-state index in [-0.39, 0.29) is 5.97 Å². The van der Waals surface area contributed by atoms with Crippen LogP contribution in [0.4, 0.5) is 0 Å². The van der Waals surface area contributed by atoms with Crippen molar-refractivity contribution in [3.05, 3.63) is 12.2 Å². The zero-order valence-electron chi connectivity index (χ0n) is 12.7. The first-order valence-electron chi connectivity index (χ1n) is 7.28. The molecule has 0 radical (unpaired) electrons. The molecule has 0 aromatic rings. The van der Waals surface area contributed by atoms with Crippen LogP contribution in [-0.4, -0.2) is 20.7 Å². The molecule has 2 nitrogen and oxygen atoms in total. The molecule has 0 saturated heterocycles. The van der Waals surface area contributed by atoms with Gasteiger partial charge in [-0.1, -0.05) is 64.4 Å². The first kappa shape index (κ1) is 17.4. The second kappa shape index (κ2) is 9.37. The molecule has 0 aliphatic rings. The summed E-state index contributed by atoms with van der Waals surface area (Å²) in [4.78, 5) is 11.2. The highest BCUT2D eigenvalue weighted by atomic mass is 28.3. The summed E-state index contributed by atoms with van der Waals surface area (Å²) in [5.41, 5.74) is 0.492. The van der Waals surface area contributed by atoms with Crippen LogP contribution in [0, 0.1) is 0 Å². The van der Waals surface area contributed by atoms with E-state index in [0.717, 1.165) is 6.42 Å². The van der Waals surface area contributed by atoms with E-state index in [0.29, 0.717) is 12.2 Å². The van der Waals surface area contributed by atoms with Crippen molar-refractivity contribution in [1.29, 1.82) is 0 Å². The van der Waals surface area contributed by atoms with E-state index in [1.807, 2.05) is 0 Å². The molecule has 106 valence electrons. The zero-order chi connectivity index (χ0) is 14.0. The van der Waals surface area contributed by atoms with Crippen molar-refractivity contribution in [2.45, 2.75) is 71.1 Å². The number of hydrogen-bond donors (Lipinski definition) is 0. The molecule has 0 bridgehead atoms. The molecule has 0 aliphatic carbocycles. The minimum absolute atomic E-state index is 0.253. The lowest BCUT2D eigenvalue weighted by Crippen LogP contribution is -2.29. The van der Waals surface area contributed by atoms with E-state index < -0.39 is 8.07 Å². The molecule has 0 unspecified atom stereocenters. The quantitative estimate of drug-likeness (QED) is 0.247. The zero-order valence-corrected chi connectivity index (χ0v) is 13.7. The lowest BCUT2D eigenvalue weighted by molar-refractivity contribution is -0.139. The third-order valence-electron chi connectivity index (χ3n) is 3.46. The van der Waals surface area contributed by atoms with Gasteiger partial charge in [-0.05, 0) is 13.3 Å². The Morgan fingerprint density at radius 3 is 2.11 bits per heavy atom. The van der Waals surface area contributed by atoms with E-state index in [4.69, 9.17) is 4.74 Å². The van der Waals surface area contributed by atoms with E-state index in [2.05, 4.69) is 27.0 Å². The lowest BCUT2D eigenvalue weighted by Gasteiger charge is -2.26. The number of unbranched alkanes of at least 4 members (excludes halogenated alkanes) is 1. The molecule has 0 aliphatic heterocycles. The topological polar surface area (TPSA) is 26.3 Å². The Bertz CT molecular complexity index is 255. The van der Waals surface area contributed by atoms with Crippen LogP contribution in [0.15, 0.2) is 12.2 Å². The van der Waals surface area contributed by atoms with Gasteiger partial charge in [0.05, 0.1) is 14.7 Å². The van der Waals surface area contributed by atoms with Crippen LogP contribution < -0.4 is 0 Å². The van der Waals surface area contributed by atoms with Gasteiger partial charge in [0.1, 0.15) is 0 Å². The molecule has 3 heteroatoms. The molecule has 0 heterocycles. The minimum Gasteiger partial charge on any atom is -0.462 e. The summed E-state index contributed by atoms with van der Waals surface area (Å²) in [6.07, 6.45) is 4.82. The molecule has 0 saturated carbocycles. The third-order valence-corrected chi connectivity index (χ3v) is 8.44. The van der Waals surface area contributed by atoms with E-state index >= 15 is 0 Å². The second-order valence-electron chi connectivity index (χ2n) is 5.68. The predicted octanol–water partition coefficient (Wildman–Crippen LogP) is 4.78. The maximum atomic E-state index is 11.2. The SMILES string of the molecule is C=C(C)C(=O)OCCCC[Si](C)(CCC)CCC. The average Bonchev–Trinajstić information content (AvgIpc) is 2.28. The van der Waals surface area contributed by atoms with Crippen molar-refractivity contribution in [2.75, 3.05) is 6.61 Å². The first-order valence-corrected chi connectivity index (χ1v) is 10.4. The lowest BCUT2D eigenvalue weighted by atomic mass is 10.3. The van der Waals surface area contributed by atoms with Gasteiger partial charge in [0.2, 0.25) is 0 Å². The number of hydrogen-bond acceptors (Lipinski definition) is 2. The normalized spacial score (nSPS) is 11.3. The first-order chi connectivity index (χ1) is 8.45. The van der Waals surface area contributed by atoms with Crippen molar-refractivity contribution in [3.63, 3.8) is 0 Å². The molecule has 0 aromatic carbocycles. The highest BCUT2D eigenvalue weighted by molar-refractivity contribution is 6.78. The molecule has 18 heavy (non-hydrogen) atoms. The molecular weight excluding hydrogens is 240 g/mol. The van der Waals surface area contributed by atoms with Gasteiger partial charge in [-0.25, -0.2) is 4.79 Å². The van der Waals surface area contributed by atoms with Crippen molar-refractivity contribution >= 4 is 14.0 Å². The van der Waals surface area contributed by atoms with E-state index in [9.17, 15) is 4.79 Å². The Morgan fingerprint density at radius 2 is 1.67 bits per heavy atom. The summed E-state index contributed by atoms with van der Waals surface area (Å²) >= 11 is 0. The van der Waals surface area contributed by atoms with Gasteiger partial charge < -0.3 is 4.74 Å². The molecule has 0 spiro atoms. The Morgan fingerprint density at radius 1 is 1.11 bits per heavy atom. The molecule has 0 fully saturated rings. The van der Waals surface area contributed by atoms with Gasteiger partial charge in [-0.15, -0.1) is 0 Å². The largest absolute Gasteiger partial charge is 0.462 e. The molecule has 0 aromatic heterocycles. The molecule has 0 N–H and O–H groups in total. The van der Waals surface area contributed by atoms with Crippen LogP contribution in [0.3, 0.4) is 0 Å². The van der Waals surface area contributed by atoms with Crippen molar-refractivity contribution in [1.82, 2.24) is 0 Å². The van der Waals surface area contributed by atoms with E-state index in [1.165, 1.54) is 37.4 Å². The summed E-state index contributed by atoms with van der Waals surface area (Å²) in [6, 6.07) is 4.25. The summed E-state index contributed by atoms with van der Waals surface area (Å²) < 4.78 is 5.12. The van der Waals surface area contributed by atoms with Crippen LogP contribution >= 0.6 is 0 Å². The minimum atomic E-state index is -1.01. The Labute approximate surface area is 114 Å². The fourth-order valence-electron chi connectivity index (χ4n) is 2.52. The molecule has 0 rings (SSSR count). The molecule has 0 atom stereocenters. The predicted molar refractivity (Wildman–Crippen MR) is 81.6 cm³/mol. The van der Waals surface area contributed by atoms with Gasteiger partial charge in [-0.2, -0.15) is 0 Å². The smallest absolute Gasteiger partial charge is 0.333 e. The monoisotopic (exact) mass is 270 g/mol. The fraction of sp³-hybridized carbons (Fsp3) is 0.800. The number of carbonyl (C=O) groups excluding carboxylic acids is 1. The summed E-state index contributed by atoms with van der Waals surface area (Å²) in [5, 5.41) is 0. The van der Waals surface area contributed by atoms with Crippen LogP contribution in [0.25, 0.3) is 0 Å². The molecule has 0 amide bonds. The maximum Gasteiger partial charge on any atom is 0.333 e. The number of carbonyl (C=O) groups is 1. The standard InChI is InChI=1S/C15H30O2Si/c1-6-11-18(5,12-7-2)13-9-8-10-17-15(16)14(3)4/h3,6-13H2,1-2,4-5H3. The van der Waals surface area contributed by atoms with Gasteiger partial charge >= 0.3 is 5.97 Å². The number of ether oxygens (including phenoxy) is 1. The van der Waals surface area contributed by atoms with Gasteiger partial charge in [0.25, 0.3) is 0 Å².